The Morgan fingerprint density at radius 2 is 1.92 bits per heavy atom. The Hall–Kier alpha value is -2.08. The van der Waals surface area contributed by atoms with Crippen LogP contribution in [-0.2, 0) is 9.59 Å². The van der Waals surface area contributed by atoms with Crippen LogP contribution in [-0.4, -0.2) is 67.4 Å². The molecule has 136 valence electrons. The fourth-order valence-corrected chi connectivity index (χ4v) is 3.84. The summed E-state index contributed by atoms with van der Waals surface area (Å²) >= 11 is 0. The van der Waals surface area contributed by atoms with Gasteiger partial charge in [0.15, 0.2) is 0 Å². The predicted octanol–water partition coefficient (Wildman–Crippen LogP) is 1.78. The van der Waals surface area contributed by atoms with Crippen molar-refractivity contribution in [1.82, 2.24) is 9.80 Å². The van der Waals surface area contributed by atoms with Gasteiger partial charge in [0.25, 0.3) is 0 Å². The quantitative estimate of drug-likeness (QED) is 0.849. The minimum Gasteiger partial charge on any atom is -0.378 e. The van der Waals surface area contributed by atoms with Crippen LogP contribution in [0.5, 0.6) is 0 Å². The molecule has 6 heteroatoms. The number of amides is 2. The predicted molar refractivity (Wildman–Crippen MR) is 99.8 cm³/mol. The Bertz CT molecular complexity index is 629. The second-order valence-corrected chi connectivity index (χ2v) is 7.21. The first-order chi connectivity index (χ1) is 12.0. The number of benzene rings is 1. The SMILES string of the molecule is CC[C@@H]1CN2CCC[C@H]2CN1C(=O)C(=O)Nc1ccc(N(C)C)cc1. The van der Waals surface area contributed by atoms with Crippen molar-refractivity contribution in [3.05, 3.63) is 24.3 Å². The number of hydrogen-bond donors (Lipinski definition) is 1. The maximum absolute atomic E-state index is 12.7. The lowest BCUT2D eigenvalue weighted by Gasteiger charge is -2.43. The molecule has 0 saturated carbocycles. The molecule has 1 aromatic rings. The molecule has 1 aromatic carbocycles. The number of hydrogen-bond acceptors (Lipinski definition) is 4. The van der Waals surface area contributed by atoms with Crippen LogP contribution in [0, 0.1) is 0 Å². The Kier molecular flexibility index (Phi) is 5.27. The van der Waals surface area contributed by atoms with Gasteiger partial charge >= 0.3 is 11.8 Å². The van der Waals surface area contributed by atoms with E-state index in [1.807, 2.05) is 43.3 Å². The van der Waals surface area contributed by atoms with Gasteiger partial charge in [0.1, 0.15) is 0 Å². The molecule has 2 fully saturated rings. The summed E-state index contributed by atoms with van der Waals surface area (Å²) in [6.45, 7) is 4.76. The highest BCUT2D eigenvalue weighted by Gasteiger charge is 2.39. The summed E-state index contributed by atoms with van der Waals surface area (Å²) in [4.78, 5) is 31.4. The van der Waals surface area contributed by atoms with Crippen LogP contribution < -0.4 is 10.2 Å². The number of rotatable bonds is 3. The number of anilines is 2. The van der Waals surface area contributed by atoms with E-state index in [9.17, 15) is 9.59 Å². The lowest BCUT2D eigenvalue weighted by atomic mass is 10.0. The maximum atomic E-state index is 12.7. The number of nitrogens with one attached hydrogen (secondary N) is 1. The van der Waals surface area contributed by atoms with Crippen molar-refractivity contribution in [2.75, 3.05) is 43.9 Å². The summed E-state index contributed by atoms with van der Waals surface area (Å²) in [5.74, 6) is -0.947. The number of piperazine rings is 1. The summed E-state index contributed by atoms with van der Waals surface area (Å²) in [7, 11) is 3.93. The van der Waals surface area contributed by atoms with Crippen LogP contribution >= 0.6 is 0 Å². The van der Waals surface area contributed by atoms with E-state index in [0.29, 0.717) is 18.3 Å². The summed E-state index contributed by atoms with van der Waals surface area (Å²) in [5.41, 5.74) is 1.70. The third-order valence-corrected chi connectivity index (χ3v) is 5.36. The highest BCUT2D eigenvalue weighted by molar-refractivity contribution is 6.39. The molecule has 2 atom stereocenters. The largest absolute Gasteiger partial charge is 0.378 e. The third kappa shape index (κ3) is 3.79. The fraction of sp³-hybridized carbons (Fsp3) is 0.579. The zero-order valence-electron chi connectivity index (χ0n) is 15.4. The van der Waals surface area contributed by atoms with Gasteiger partial charge in [-0.15, -0.1) is 0 Å². The first kappa shape index (κ1) is 17.7. The molecule has 0 spiro atoms. The summed E-state index contributed by atoms with van der Waals surface area (Å²) < 4.78 is 0. The van der Waals surface area contributed by atoms with Crippen LogP contribution in [0.4, 0.5) is 11.4 Å². The van der Waals surface area contributed by atoms with Crippen molar-refractivity contribution in [3.8, 4) is 0 Å². The first-order valence-electron chi connectivity index (χ1n) is 9.13. The second kappa shape index (κ2) is 7.44. The molecule has 0 unspecified atom stereocenters. The van der Waals surface area contributed by atoms with E-state index >= 15 is 0 Å². The van der Waals surface area contributed by atoms with Gasteiger partial charge < -0.3 is 15.1 Å². The van der Waals surface area contributed by atoms with Gasteiger partial charge in [-0.2, -0.15) is 0 Å². The minimum atomic E-state index is -0.539. The van der Waals surface area contributed by atoms with E-state index in [0.717, 1.165) is 31.6 Å². The van der Waals surface area contributed by atoms with Crippen LogP contribution in [0.15, 0.2) is 24.3 Å². The molecule has 6 nitrogen and oxygen atoms in total. The minimum absolute atomic E-state index is 0.128. The van der Waals surface area contributed by atoms with Crippen LogP contribution in [0.25, 0.3) is 0 Å². The van der Waals surface area contributed by atoms with Gasteiger partial charge in [0, 0.05) is 50.6 Å². The zero-order valence-corrected chi connectivity index (χ0v) is 15.4. The highest BCUT2D eigenvalue weighted by atomic mass is 16.2. The van der Waals surface area contributed by atoms with Gasteiger partial charge in [-0.1, -0.05) is 6.92 Å². The smallest absolute Gasteiger partial charge is 0.313 e. The number of fused-ring (bicyclic) bond motifs is 1. The molecule has 3 rings (SSSR count). The molecule has 1 N–H and O–H groups in total. The molecule has 0 aliphatic carbocycles. The lowest BCUT2D eigenvalue weighted by molar-refractivity contribution is -0.147. The van der Waals surface area contributed by atoms with E-state index in [-0.39, 0.29) is 6.04 Å². The normalized spacial score (nSPS) is 23.2. The lowest BCUT2D eigenvalue weighted by Crippen LogP contribution is -2.59. The van der Waals surface area contributed by atoms with Crippen LogP contribution in [0.3, 0.4) is 0 Å². The molecule has 2 heterocycles. The van der Waals surface area contributed by atoms with Gasteiger partial charge in [0.2, 0.25) is 0 Å². The van der Waals surface area contributed by atoms with Crippen molar-refractivity contribution in [2.45, 2.75) is 38.3 Å². The van der Waals surface area contributed by atoms with E-state index < -0.39 is 11.8 Å². The number of carbonyl (C=O) groups is 2. The molecule has 2 aliphatic rings. The molecule has 0 bridgehead atoms. The standard InChI is InChI=1S/C19H28N4O2/c1-4-15-12-22-11-5-6-17(22)13-23(15)19(25)18(24)20-14-7-9-16(10-8-14)21(2)3/h7-10,15,17H,4-6,11-13H2,1-3H3,(H,20,24)/t15-,17+/m1/s1. The number of carbonyl (C=O) groups excluding carboxylic acids is 2. The Balaban J connectivity index is 1.65. The second-order valence-electron chi connectivity index (χ2n) is 7.21. The zero-order chi connectivity index (χ0) is 18.0. The van der Waals surface area contributed by atoms with Gasteiger partial charge in [-0.05, 0) is 50.1 Å². The van der Waals surface area contributed by atoms with Gasteiger partial charge in [0.05, 0.1) is 0 Å². The molecular weight excluding hydrogens is 316 g/mol. The van der Waals surface area contributed by atoms with Crippen molar-refractivity contribution >= 4 is 23.2 Å². The van der Waals surface area contributed by atoms with E-state index in [1.165, 1.54) is 6.42 Å². The van der Waals surface area contributed by atoms with Crippen molar-refractivity contribution in [2.24, 2.45) is 0 Å². The Morgan fingerprint density at radius 1 is 1.20 bits per heavy atom. The molecule has 2 aliphatic heterocycles. The molecule has 25 heavy (non-hydrogen) atoms. The number of nitrogens with zero attached hydrogens (tertiary/aromatic N) is 3. The van der Waals surface area contributed by atoms with Crippen molar-refractivity contribution in [3.63, 3.8) is 0 Å². The topological polar surface area (TPSA) is 55.9 Å². The molecule has 2 saturated heterocycles. The van der Waals surface area contributed by atoms with E-state index in [2.05, 4.69) is 17.1 Å². The van der Waals surface area contributed by atoms with Crippen LogP contribution in [0.2, 0.25) is 0 Å². The van der Waals surface area contributed by atoms with Crippen molar-refractivity contribution < 1.29 is 9.59 Å². The summed E-state index contributed by atoms with van der Waals surface area (Å²) in [6.07, 6.45) is 3.18. The Labute approximate surface area is 149 Å². The molecular formula is C19H28N4O2. The van der Waals surface area contributed by atoms with E-state index in [1.54, 1.807) is 4.90 Å². The Morgan fingerprint density at radius 3 is 2.56 bits per heavy atom. The highest BCUT2D eigenvalue weighted by Crippen LogP contribution is 2.26. The molecule has 0 radical (unpaired) electrons. The average molecular weight is 344 g/mol. The van der Waals surface area contributed by atoms with Gasteiger partial charge in [-0.3, -0.25) is 14.5 Å². The monoisotopic (exact) mass is 344 g/mol. The average Bonchev–Trinajstić information content (AvgIpc) is 3.07. The fourth-order valence-electron chi connectivity index (χ4n) is 3.84. The summed E-state index contributed by atoms with van der Waals surface area (Å²) in [6, 6.07) is 8.04. The van der Waals surface area contributed by atoms with Crippen molar-refractivity contribution in [1.29, 1.82) is 0 Å². The maximum Gasteiger partial charge on any atom is 0.313 e. The third-order valence-electron chi connectivity index (χ3n) is 5.36. The van der Waals surface area contributed by atoms with E-state index in [4.69, 9.17) is 0 Å². The summed E-state index contributed by atoms with van der Waals surface area (Å²) in [5, 5.41) is 2.75. The van der Waals surface area contributed by atoms with Crippen LogP contribution in [0.1, 0.15) is 26.2 Å². The molecule has 0 aromatic heterocycles. The molecule has 2 amide bonds. The first-order valence-corrected chi connectivity index (χ1v) is 9.13. The van der Waals surface area contributed by atoms with Gasteiger partial charge in [-0.25, -0.2) is 0 Å².